The lowest BCUT2D eigenvalue weighted by Gasteiger charge is -2.11. The zero-order valence-electron chi connectivity index (χ0n) is 66.2. The van der Waals surface area contributed by atoms with E-state index in [0.29, 0.717) is 0 Å². The first-order chi connectivity index (χ1) is 51.0. The molecular weight excluding hydrogens is 1270 g/mol. The summed E-state index contributed by atoms with van der Waals surface area (Å²) in [5.41, 5.74) is 26.9. The highest BCUT2D eigenvalue weighted by Crippen LogP contribution is 2.33. The van der Waals surface area contributed by atoms with Crippen molar-refractivity contribution in [1.82, 2.24) is 0 Å². The van der Waals surface area contributed by atoms with Crippen LogP contribution in [0.25, 0.3) is 86.5 Å². The Labute approximate surface area is 634 Å². The minimum Gasteiger partial charge on any atom is -0.0620 e. The molecule has 0 amide bonds. The molecule has 0 atom stereocenters. The van der Waals surface area contributed by atoms with Crippen molar-refractivity contribution in [3.63, 3.8) is 0 Å². The Hall–Kier alpha value is -11.4. The minimum absolute atomic E-state index is 1.29. The monoisotopic (exact) mass is 1380 g/mol. The third kappa shape index (κ3) is 21.6. The predicted octanol–water partition coefficient (Wildman–Crippen LogP) is 30.5. The predicted molar refractivity (Wildman–Crippen MR) is 471 cm³/mol. The van der Waals surface area contributed by atoms with Gasteiger partial charge in [0.05, 0.1) is 0 Å². The highest BCUT2D eigenvalue weighted by atomic mass is 14.1. The average molecular weight is 1380 g/mol. The standard InChI is InChI=1S/2C16H14.C14H14.3C12H12.3C8H10/c1-11-5-3-7-13-10-16-12(2)6-4-8-14(16)9-15(11)13;1-11-13-7-3-5-9-15(13)12(2)16-10-6-4-8-14(11)16;1-11-3-7-13(8-4-11)14-9-5-12(2)6-10-14;1-9-5-3-8-12-10(2)6-4-7-11(9)12;1-9-5-3-7-11-8-4-6-10(2)12(9)11;1-9-7-8-10(2)12-6-4-3-5-11(9)12;1-7-3-5-8(2)6-4-7;1-7-4-3-5-8(2)6-7;1-7-5-3-4-6-8(7)2/h2*3-10H,1-2H3;3-10H,1-2H3;3*3-8H,1-2H3;3*3-6H,1-2H3. The topological polar surface area (TPSA) is 0 Å². The molecule has 0 saturated heterocycles. The molecule has 17 aromatic rings. The molecule has 0 aliphatic rings. The fourth-order valence-electron chi connectivity index (χ4n) is 13.5. The lowest BCUT2D eigenvalue weighted by atomic mass is 9.93. The van der Waals surface area contributed by atoms with E-state index in [1.807, 2.05) is 0 Å². The fraction of sp³-hybridized carbons (Fsp3) is 0.170. The van der Waals surface area contributed by atoms with Gasteiger partial charge in [-0.15, -0.1) is 0 Å². The molecule has 0 aliphatic heterocycles. The maximum Gasteiger partial charge on any atom is -0.0125 e. The molecule has 0 unspecified atom stereocenters. The second kappa shape index (κ2) is 38.4. The van der Waals surface area contributed by atoms with Crippen molar-refractivity contribution in [1.29, 1.82) is 0 Å². The zero-order valence-corrected chi connectivity index (χ0v) is 66.2. The molecular formula is C106H108. The van der Waals surface area contributed by atoms with Crippen molar-refractivity contribution >= 4 is 75.4 Å². The van der Waals surface area contributed by atoms with Crippen molar-refractivity contribution in [2.45, 2.75) is 125 Å². The van der Waals surface area contributed by atoms with Gasteiger partial charge in [0.1, 0.15) is 0 Å². The lowest BCUT2D eigenvalue weighted by Crippen LogP contribution is -1.87. The fourth-order valence-corrected chi connectivity index (χ4v) is 13.5. The summed E-state index contributed by atoms with van der Waals surface area (Å²) < 4.78 is 0. The molecule has 0 nitrogen and oxygen atoms in total. The zero-order chi connectivity index (χ0) is 75.8. The molecule has 0 bridgehead atoms. The van der Waals surface area contributed by atoms with Gasteiger partial charge in [-0.3, -0.25) is 0 Å². The first kappa shape index (κ1) is 78.7. The van der Waals surface area contributed by atoms with Crippen LogP contribution < -0.4 is 0 Å². The van der Waals surface area contributed by atoms with Crippen molar-refractivity contribution in [3.05, 3.63) is 428 Å². The van der Waals surface area contributed by atoms with Crippen LogP contribution in [-0.4, -0.2) is 0 Å². The van der Waals surface area contributed by atoms with Gasteiger partial charge >= 0.3 is 0 Å². The van der Waals surface area contributed by atoms with Crippen molar-refractivity contribution in [2.75, 3.05) is 0 Å². The van der Waals surface area contributed by atoms with E-state index in [-0.39, 0.29) is 0 Å². The van der Waals surface area contributed by atoms with Crippen LogP contribution in [0.1, 0.15) is 100 Å². The average Bonchev–Trinajstić information content (AvgIpc) is 0.777. The van der Waals surface area contributed by atoms with Crippen LogP contribution in [0.2, 0.25) is 0 Å². The lowest BCUT2D eigenvalue weighted by molar-refractivity contribution is 1.34. The quantitative estimate of drug-likeness (QED) is 0.144. The summed E-state index contributed by atoms with van der Waals surface area (Å²) in [5, 5.41) is 19.1. The van der Waals surface area contributed by atoms with Crippen LogP contribution >= 0.6 is 0 Å². The van der Waals surface area contributed by atoms with Crippen molar-refractivity contribution in [2.24, 2.45) is 0 Å². The maximum absolute atomic E-state index is 2.30. The number of rotatable bonds is 1. The van der Waals surface area contributed by atoms with E-state index in [1.165, 1.54) is 187 Å². The Bertz CT molecular complexity index is 5270. The molecule has 0 radical (unpaired) electrons. The summed E-state index contributed by atoms with van der Waals surface area (Å²) in [6.07, 6.45) is 0. The molecule has 0 fully saturated rings. The summed E-state index contributed by atoms with van der Waals surface area (Å²) in [7, 11) is 0. The summed E-state index contributed by atoms with van der Waals surface area (Å²) >= 11 is 0. The van der Waals surface area contributed by atoms with Crippen LogP contribution in [-0.2, 0) is 0 Å². The summed E-state index contributed by atoms with van der Waals surface area (Å²) in [6, 6.07) is 116. The normalized spacial score (nSPS) is 10.4. The molecule has 0 heteroatoms. The third-order valence-corrected chi connectivity index (χ3v) is 20.1. The molecule has 0 saturated carbocycles. The van der Waals surface area contributed by atoms with Crippen LogP contribution in [0.15, 0.2) is 328 Å². The second-order valence-corrected chi connectivity index (χ2v) is 28.7. The molecule has 532 valence electrons. The molecule has 0 heterocycles. The van der Waals surface area contributed by atoms with E-state index in [2.05, 4.69) is 452 Å². The number of aryl methyl sites for hydroxylation is 18. The second-order valence-electron chi connectivity index (χ2n) is 28.7. The van der Waals surface area contributed by atoms with E-state index < -0.39 is 0 Å². The Morgan fingerprint density at radius 3 is 0.651 bits per heavy atom. The van der Waals surface area contributed by atoms with Gasteiger partial charge < -0.3 is 0 Å². The molecule has 0 N–H and O–H groups in total. The van der Waals surface area contributed by atoms with Crippen LogP contribution in [0.5, 0.6) is 0 Å². The first-order valence-corrected chi connectivity index (χ1v) is 37.4. The highest BCUT2D eigenvalue weighted by molar-refractivity contribution is 6.05. The van der Waals surface area contributed by atoms with Gasteiger partial charge in [0.2, 0.25) is 0 Å². The summed E-state index contributed by atoms with van der Waals surface area (Å²) in [6.45, 7) is 38.6. The van der Waals surface area contributed by atoms with E-state index in [4.69, 9.17) is 0 Å². The molecule has 17 aromatic carbocycles. The number of benzene rings is 17. The van der Waals surface area contributed by atoms with Gasteiger partial charge in [-0.25, -0.2) is 0 Å². The SMILES string of the molecule is Cc1c2ccccc2c(C)c2ccccc12.Cc1ccc(-c2ccc(C)cc2)cc1.Cc1ccc(C)c2ccccc12.Cc1ccc(C)cc1.Cc1cccc(C)c1.Cc1cccc2c(C)cccc12.Cc1cccc2cc3c(C)cccc3cc12.Cc1cccc2cccc(C)c12.Cc1ccccc1C. The number of hydrogen-bond donors (Lipinski definition) is 0. The van der Waals surface area contributed by atoms with Gasteiger partial charge in [0, 0.05) is 0 Å². The van der Waals surface area contributed by atoms with E-state index in [9.17, 15) is 0 Å². The molecule has 0 aliphatic carbocycles. The Kier molecular flexibility index (Phi) is 28.5. The Morgan fingerprint density at radius 2 is 0.358 bits per heavy atom. The van der Waals surface area contributed by atoms with Crippen LogP contribution in [0.3, 0.4) is 0 Å². The number of fused-ring (bicyclic) bond motifs is 7. The van der Waals surface area contributed by atoms with Crippen LogP contribution in [0, 0.1) is 125 Å². The number of hydrogen-bond acceptors (Lipinski definition) is 0. The van der Waals surface area contributed by atoms with Crippen LogP contribution in [0.4, 0.5) is 0 Å². The Morgan fingerprint density at radius 1 is 0.132 bits per heavy atom. The molecule has 17 rings (SSSR count). The van der Waals surface area contributed by atoms with E-state index >= 15 is 0 Å². The van der Waals surface area contributed by atoms with Gasteiger partial charge in [0.25, 0.3) is 0 Å². The van der Waals surface area contributed by atoms with Gasteiger partial charge in [0.15, 0.2) is 0 Å². The van der Waals surface area contributed by atoms with E-state index in [1.54, 1.807) is 0 Å². The van der Waals surface area contributed by atoms with Crippen molar-refractivity contribution < 1.29 is 0 Å². The first-order valence-electron chi connectivity index (χ1n) is 37.4. The minimum atomic E-state index is 1.29. The largest absolute Gasteiger partial charge is 0.0620 e. The summed E-state index contributed by atoms with van der Waals surface area (Å²) in [5.74, 6) is 0. The summed E-state index contributed by atoms with van der Waals surface area (Å²) in [4.78, 5) is 0. The van der Waals surface area contributed by atoms with Gasteiger partial charge in [-0.2, -0.15) is 0 Å². The molecule has 0 aromatic heterocycles. The smallest absolute Gasteiger partial charge is 0.0125 e. The highest BCUT2D eigenvalue weighted by Gasteiger charge is 2.08. The van der Waals surface area contributed by atoms with Gasteiger partial charge in [-0.05, 0) is 290 Å². The molecule has 0 spiro atoms. The van der Waals surface area contributed by atoms with E-state index in [0.717, 1.165) is 0 Å². The third-order valence-electron chi connectivity index (χ3n) is 20.1. The maximum atomic E-state index is 2.30. The van der Waals surface area contributed by atoms with Gasteiger partial charge in [-0.1, -0.05) is 349 Å². The Balaban J connectivity index is 0.000000139. The van der Waals surface area contributed by atoms with Crippen molar-refractivity contribution in [3.8, 4) is 11.1 Å². The molecule has 106 heavy (non-hydrogen) atoms.